The second kappa shape index (κ2) is 13.2. The first-order chi connectivity index (χ1) is 21.8. The van der Waals surface area contributed by atoms with E-state index in [4.69, 9.17) is 9.15 Å². The predicted molar refractivity (Wildman–Crippen MR) is 173 cm³/mol. The van der Waals surface area contributed by atoms with Gasteiger partial charge < -0.3 is 24.7 Å². The molecule has 242 valence electrons. The van der Waals surface area contributed by atoms with Crippen molar-refractivity contribution in [2.24, 2.45) is 0 Å². The molecule has 0 spiro atoms. The zero-order valence-corrected chi connectivity index (χ0v) is 26.5. The van der Waals surface area contributed by atoms with Gasteiger partial charge in [-0.2, -0.15) is 16.8 Å². The predicted octanol–water partition coefficient (Wildman–Crippen LogP) is 3.99. The van der Waals surface area contributed by atoms with Gasteiger partial charge in [0.2, 0.25) is 5.36 Å². The highest BCUT2D eigenvalue weighted by molar-refractivity contribution is 7.86. The highest BCUT2D eigenvalue weighted by atomic mass is 32.2. The minimum atomic E-state index is -4.99. The molecule has 0 amide bonds. The molecule has 3 aromatic rings. The van der Waals surface area contributed by atoms with Gasteiger partial charge in [0.05, 0.1) is 17.1 Å². The number of hydrogen-bond acceptors (Lipinski definition) is 9. The number of aliphatic hydroxyl groups excluding tert-OH is 2. The molecule has 1 aliphatic heterocycles. The number of nitrogens with zero attached hydrogens (tertiary/aromatic N) is 1. The lowest BCUT2D eigenvalue weighted by molar-refractivity contribution is 0.242. The minimum absolute atomic E-state index is 0.0174. The number of anilines is 2. The first-order valence-electron chi connectivity index (χ1n) is 14.2. The van der Waals surface area contributed by atoms with Crippen molar-refractivity contribution in [2.45, 2.75) is 29.7 Å². The van der Waals surface area contributed by atoms with Crippen molar-refractivity contribution in [1.29, 1.82) is 0 Å². The van der Waals surface area contributed by atoms with E-state index in [0.717, 1.165) is 11.8 Å². The Morgan fingerprint density at radius 3 is 2.15 bits per heavy atom. The zero-order valence-electron chi connectivity index (χ0n) is 24.9. The van der Waals surface area contributed by atoms with Gasteiger partial charge in [0.1, 0.15) is 35.2 Å². The molecule has 1 aliphatic carbocycles. The number of fused-ring (bicyclic) bond motifs is 2. The van der Waals surface area contributed by atoms with E-state index in [1.54, 1.807) is 41.0 Å². The zero-order chi connectivity index (χ0) is 33.2. The molecule has 0 radical (unpaired) electrons. The Morgan fingerprint density at radius 2 is 1.50 bits per heavy atom. The van der Waals surface area contributed by atoms with Crippen molar-refractivity contribution in [3.63, 3.8) is 0 Å². The van der Waals surface area contributed by atoms with Gasteiger partial charge in [0.15, 0.2) is 13.1 Å². The maximum absolute atomic E-state index is 12.6. The molecule has 5 N–H and O–H groups in total. The summed E-state index contributed by atoms with van der Waals surface area (Å²) in [7, 11) is -9.79. The number of aliphatic hydroxyl groups is 2. The SMILES string of the molecule is CC(C)Oc1cccc(Nc2ccc3c(-c4ccc(S(=O)(=O)O)cc4S(=O)(=O)O)c4ccc(=[N+](CCO)CCO)cc-4oc3c2)c1. The summed E-state index contributed by atoms with van der Waals surface area (Å²) < 4.78 is 82.6. The van der Waals surface area contributed by atoms with E-state index in [1.165, 1.54) is 6.07 Å². The van der Waals surface area contributed by atoms with Crippen LogP contribution >= 0.6 is 0 Å². The van der Waals surface area contributed by atoms with E-state index in [-0.39, 0.29) is 38.0 Å². The average molecular weight is 670 g/mol. The van der Waals surface area contributed by atoms with Gasteiger partial charge in [-0.25, -0.2) is 4.58 Å². The molecule has 1 heterocycles. The van der Waals surface area contributed by atoms with Crippen LogP contribution in [0.1, 0.15) is 13.8 Å². The average Bonchev–Trinajstić information content (AvgIpc) is 2.98. The first kappa shape index (κ1) is 33.1. The second-order valence-electron chi connectivity index (χ2n) is 10.7. The minimum Gasteiger partial charge on any atom is -0.491 e. The number of rotatable bonds is 11. The second-order valence-corrected chi connectivity index (χ2v) is 13.5. The molecule has 2 aliphatic rings. The van der Waals surface area contributed by atoms with E-state index < -0.39 is 30.0 Å². The van der Waals surface area contributed by atoms with Crippen LogP contribution in [-0.4, -0.2) is 68.6 Å². The Bertz CT molecular complexity index is 2170. The van der Waals surface area contributed by atoms with E-state index in [0.29, 0.717) is 50.7 Å². The van der Waals surface area contributed by atoms with Crippen LogP contribution in [0.15, 0.2) is 93.1 Å². The highest BCUT2D eigenvalue weighted by Gasteiger charge is 2.26. The van der Waals surface area contributed by atoms with E-state index in [1.807, 2.05) is 38.1 Å². The Kier molecular flexibility index (Phi) is 9.49. The molecule has 3 aromatic carbocycles. The molecule has 0 atom stereocenters. The number of ether oxygens (including phenoxy) is 1. The van der Waals surface area contributed by atoms with Gasteiger partial charge in [0.25, 0.3) is 20.2 Å². The van der Waals surface area contributed by atoms with Crippen LogP contribution in [0, 0.1) is 0 Å². The van der Waals surface area contributed by atoms with Gasteiger partial charge in [0, 0.05) is 51.7 Å². The fraction of sp³-hybridized carbons (Fsp3) is 0.219. The topological polar surface area (TPSA) is 187 Å². The summed E-state index contributed by atoms with van der Waals surface area (Å²) in [5.74, 6) is 0.971. The molecule has 0 fully saturated rings. The standard InChI is InChI=1S/C32H32N2O10S2/c1-20(2)43-24-5-3-4-21(16-24)33-22-6-9-26-29(17-22)44-30-18-23(34(12-14-35)13-15-36)7-10-27(30)32(26)28-11-8-25(45(37,38)39)19-31(28)46(40,41)42/h3-11,16-20,35-36H,12-15H2,1-2H3,(H2,37,38,39,40,41,42)/p+1. The number of benzene rings is 4. The van der Waals surface area contributed by atoms with Crippen molar-refractivity contribution < 1.29 is 45.3 Å². The van der Waals surface area contributed by atoms with Gasteiger partial charge in [-0.05, 0) is 56.3 Å². The van der Waals surface area contributed by atoms with Crippen LogP contribution in [0.4, 0.5) is 11.4 Å². The molecule has 46 heavy (non-hydrogen) atoms. The van der Waals surface area contributed by atoms with Crippen molar-refractivity contribution in [2.75, 3.05) is 31.6 Å². The summed E-state index contributed by atoms with van der Waals surface area (Å²) in [5.41, 5.74) is 2.38. The monoisotopic (exact) mass is 669 g/mol. The van der Waals surface area contributed by atoms with E-state index in [2.05, 4.69) is 5.32 Å². The van der Waals surface area contributed by atoms with Crippen molar-refractivity contribution in [1.82, 2.24) is 4.58 Å². The summed E-state index contributed by atoms with van der Waals surface area (Å²) in [4.78, 5) is -1.44. The van der Waals surface area contributed by atoms with Crippen molar-refractivity contribution >= 4 is 42.6 Å². The van der Waals surface area contributed by atoms with E-state index in [9.17, 15) is 36.2 Å². The van der Waals surface area contributed by atoms with Gasteiger partial charge in [-0.3, -0.25) is 9.11 Å². The molecule has 14 heteroatoms. The number of nitrogens with one attached hydrogen (secondary N) is 1. The molecular weight excluding hydrogens is 636 g/mol. The lowest BCUT2D eigenvalue weighted by Gasteiger charge is -2.18. The third-order valence-electron chi connectivity index (χ3n) is 7.10. The molecule has 12 nitrogen and oxygen atoms in total. The molecule has 0 aromatic heterocycles. The van der Waals surface area contributed by atoms with Crippen molar-refractivity contribution in [3.8, 4) is 28.2 Å². The molecular formula is C32H33N2O10S2+. The Morgan fingerprint density at radius 1 is 0.804 bits per heavy atom. The summed E-state index contributed by atoms with van der Waals surface area (Å²) in [6.07, 6.45) is -0.0174. The van der Waals surface area contributed by atoms with Gasteiger partial charge in [-0.1, -0.05) is 12.1 Å². The Balaban J connectivity index is 1.79. The largest absolute Gasteiger partial charge is 0.491 e. The molecule has 0 saturated heterocycles. The molecule has 0 bridgehead atoms. The summed E-state index contributed by atoms with van der Waals surface area (Å²) in [5, 5.41) is 23.5. The van der Waals surface area contributed by atoms with Crippen LogP contribution in [0.2, 0.25) is 0 Å². The smallest absolute Gasteiger partial charge is 0.295 e. The molecule has 5 rings (SSSR count). The third-order valence-corrected chi connectivity index (χ3v) is 8.85. The maximum Gasteiger partial charge on any atom is 0.295 e. The Labute approximate surface area is 265 Å². The summed E-state index contributed by atoms with van der Waals surface area (Å²) >= 11 is 0. The van der Waals surface area contributed by atoms with Gasteiger partial charge >= 0.3 is 0 Å². The maximum atomic E-state index is 12.6. The number of hydrogen-bond donors (Lipinski definition) is 5. The summed E-state index contributed by atoms with van der Waals surface area (Å²) in [6, 6.07) is 20.5. The van der Waals surface area contributed by atoms with Crippen LogP contribution in [0.3, 0.4) is 0 Å². The lowest BCUT2D eigenvalue weighted by Crippen LogP contribution is -2.34. The fourth-order valence-electron chi connectivity index (χ4n) is 5.22. The van der Waals surface area contributed by atoms with Crippen molar-refractivity contribution in [3.05, 3.63) is 84.2 Å². The van der Waals surface area contributed by atoms with Crippen LogP contribution in [0.25, 0.3) is 33.4 Å². The van der Waals surface area contributed by atoms with E-state index >= 15 is 0 Å². The summed E-state index contributed by atoms with van der Waals surface area (Å²) in [6.45, 7) is 3.96. The molecule has 0 saturated carbocycles. The quantitative estimate of drug-likeness (QED) is 0.0778. The lowest BCUT2D eigenvalue weighted by atomic mass is 9.93. The highest BCUT2D eigenvalue weighted by Crippen LogP contribution is 2.43. The fourth-order valence-corrected chi connectivity index (χ4v) is 6.53. The van der Waals surface area contributed by atoms with Crippen LogP contribution in [-0.2, 0) is 20.2 Å². The van der Waals surface area contributed by atoms with Crippen LogP contribution in [0.5, 0.6) is 5.75 Å². The molecule has 0 unspecified atom stereocenters. The normalized spacial score (nSPS) is 12.2. The van der Waals surface area contributed by atoms with Crippen LogP contribution < -0.4 is 20.0 Å². The first-order valence-corrected chi connectivity index (χ1v) is 17.1. The van der Waals surface area contributed by atoms with Gasteiger partial charge in [-0.15, -0.1) is 0 Å². The third kappa shape index (κ3) is 7.22. The Hall–Kier alpha value is -4.31.